The summed E-state index contributed by atoms with van der Waals surface area (Å²) in [5, 5.41) is 9.22. The second-order valence-corrected chi connectivity index (χ2v) is 7.95. The summed E-state index contributed by atoms with van der Waals surface area (Å²) >= 11 is 0. The van der Waals surface area contributed by atoms with Crippen LogP contribution in [0, 0.1) is 6.92 Å². The summed E-state index contributed by atoms with van der Waals surface area (Å²) in [5.74, 6) is -2.45. The highest BCUT2D eigenvalue weighted by Crippen LogP contribution is 2.44. The second-order valence-electron chi connectivity index (χ2n) is 7.95. The summed E-state index contributed by atoms with van der Waals surface area (Å²) in [6, 6.07) is 22.7. The first-order valence-electron chi connectivity index (χ1n) is 10.3. The third kappa shape index (κ3) is 4.09. The average molecular weight is 415 g/mol. The molecule has 5 heteroatoms. The molecule has 0 bridgehead atoms. The molecule has 1 aliphatic carbocycles. The molecule has 1 aliphatic rings. The number of carbonyl (C=O) groups is 2. The lowest BCUT2D eigenvalue weighted by molar-refractivity contribution is -0.146. The summed E-state index contributed by atoms with van der Waals surface area (Å²) in [5.41, 5.74) is 12.3. The van der Waals surface area contributed by atoms with Gasteiger partial charge in [0.2, 0.25) is 0 Å². The van der Waals surface area contributed by atoms with Crippen LogP contribution in [-0.2, 0) is 14.3 Å². The molecule has 5 nitrogen and oxygen atoms in total. The fraction of sp³-hybridized carbons (Fsp3) is 0.231. The summed E-state index contributed by atoms with van der Waals surface area (Å²) in [6.07, 6.45) is -0.316. The first-order valence-corrected chi connectivity index (χ1v) is 10.3. The summed E-state index contributed by atoms with van der Waals surface area (Å²) in [7, 11) is 0. The molecule has 0 unspecified atom stereocenters. The molecular formula is C26H25NO4. The Kier molecular flexibility index (Phi) is 5.87. The molecule has 0 aliphatic heterocycles. The van der Waals surface area contributed by atoms with Gasteiger partial charge in [-0.1, -0.05) is 72.8 Å². The van der Waals surface area contributed by atoms with Crippen molar-refractivity contribution in [2.24, 2.45) is 5.73 Å². The van der Waals surface area contributed by atoms with Crippen molar-refractivity contribution in [2.45, 2.75) is 31.2 Å². The minimum Gasteiger partial charge on any atom is -0.481 e. The number of fused-ring (bicyclic) bond motifs is 3. The van der Waals surface area contributed by atoms with Gasteiger partial charge in [0.15, 0.2) is 0 Å². The Hall–Kier alpha value is -3.44. The lowest BCUT2D eigenvalue weighted by Crippen LogP contribution is -2.37. The van der Waals surface area contributed by atoms with Crippen LogP contribution in [0.25, 0.3) is 11.1 Å². The van der Waals surface area contributed by atoms with Crippen LogP contribution >= 0.6 is 0 Å². The van der Waals surface area contributed by atoms with Gasteiger partial charge in [0.05, 0.1) is 12.3 Å². The van der Waals surface area contributed by atoms with E-state index in [4.69, 9.17) is 10.5 Å². The molecule has 0 saturated heterocycles. The van der Waals surface area contributed by atoms with Crippen molar-refractivity contribution in [3.05, 3.63) is 95.1 Å². The van der Waals surface area contributed by atoms with Gasteiger partial charge in [0, 0.05) is 12.0 Å². The summed E-state index contributed by atoms with van der Waals surface area (Å²) in [4.78, 5) is 24.5. The molecule has 3 N–H and O–H groups in total. The maximum absolute atomic E-state index is 13.2. The number of carboxylic acids is 1. The van der Waals surface area contributed by atoms with E-state index >= 15 is 0 Å². The number of carboxylic acid groups (broad SMARTS) is 1. The largest absolute Gasteiger partial charge is 0.481 e. The molecule has 0 amide bonds. The van der Waals surface area contributed by atoms with Gasteiger partial charge in [-0.2, -0.15) is 0 Å². The molecule has 0 fully saturated rings. The molecule has 0 spiro atoms. The SMILES string of the molecule is Cc1ccccc1[C@H](C(=O)OCC1c2ccccc2-c2ccccc21)[C@H](N)CC(=O)O. The van der Waals surface area contributed by atoms with Gasteiger partial charge in [-0.3, -0.25) is 9.59 Å². The van der Waals surface area contributed by atoms with Crippen molar-refractivity contribution in [1.82, 2.24) is 0 Å². The molecule has 0 heterocycles. The standard InChI is InChI=1S/C26H25NO4/c1-16-8-2-3-9-17(16)25(23(27)14-24(28)29)26(30)31-15-22-20-12-6-4-10-18(20)19-11-5-7-13-21(19)22/h2-13,22-23,25H,14-15,27H2,1H3,(H,28,29)/t23-,25+/m1/s1. The van der Waals surface area contributed by atoms with E-state index in [0.29, 0.717) is 5.56 Å². The zero-order valence-electron chi connectivity index (χ0n) is 17.3. The number of hydrogen-bond acceptors (Lipinski definition) is 4. The maximum atomic E-state index is 13.2. The summed E-state index contributed by atoms with van der Waals surface area (Å²) in [6.45, 7) is 2.06. The van der Waals surface area contributed by atoms with E-state index in [1.807, 2.05) is 55.5 Å². The molecule has 0 radical (unpaired) electrons. The Bertz CT molecular complexity index is 1080. The first kappa shape index (κ1) is 20.8. The number of carbonyl (C=O) groups excluding carboxylic acids is 1. The highest BCUT2D eigenvalue weighted by atomic mass is 16.5. The van der Waals surface area contributed by atoms with Crippen molar-refractivity contribution in [3.63, 3.8) is 0 Å². The van der Waals surface area contributed by atoms with Crippen LogP contribution in [0.3, 0.4) is 0 Å². The van der Waals surface area contributed by atoms with Crippen molar-refractivity contribution in [1.29, 1.82) is 0 Å². The molecule has 3 aromatic rings. The van der Waals surface area contributed by atoms with Gasteiger partial charge in [-0.25, -0.2) is 0 Å². The predicted octanol–water partition coefficient (Wildman–Crippen LogP) is 4.24. The Morgan fingerprint density at radius 1 is 0.935 bits per heavy atom. The monoisotopic (exact) mass is 415 g/mol. The molecule has 4 rings (SSSR count). The van der Waals surface area contributed by atoms with Gasteiger partial charge in [0.1, 0.15) is 6.61 Å². The molecule has 0 saturated carbocycles. The van der Waals surface area contributed by atoms with Crippen LogP contribution in [0.1, 0.15) is 40.5 Å². The molecule has 31 heavy (non-hydrogen) atoms. The fourth-order valence-corrected chi connectivity index (χ4v) is 4.48. The molecule has 158 valence electrons. The van der Waals surface area contributed by atoms with Crippen molar-refractivity contribution in [3.8, 4) is 11.1 Å². The number of aliphatic carboxylic acids is 1. The molecular weight excluding hydrogens is 390 g/mol. The van der Waals surface area contributed by atoms with Crippen molar-refractivity contribution < 1.29 is 19.4 Å². The normalized spacial score (nSPS) is 14.4. The van der Waals surface area contributed by atoms with Crippen molar-refractivity contribution >= 4 is 11.9 Å². The predicted molar refractivity (Wildman–Crippen MR) is 119 cm³/mol. The van der Waals surface area contributed by atoms with Crippen LogP contribution in [0.15, 0.2) is 72.8 Å². The maximum Gasteiger partial charge on any atom is 0.315 e. The highest BCUT2D eigenvalue weighted by molar-refractivity contribution is 5.82. The smallest absolute Gasteiger partial charge is 0.315 e. The van der Waals surface area contributed by atoms with Gasteiger partial charge >= 0.3 is 11.9 Å². The van der Waals surface area contributed by atoms with Crippen molar-refractivity contribution in [2.75, 3.05) is 6.61 Å². The van der Waals surface area contributed by atoms with Gasteiger partial charge in [-0.05, 0) is 40.3 Å². The third-order valence-corrected chi connectivity index (χ3v) is 5.97. The van der Waals surface area contributed by atoms with Crippen LogP contribution in [-0.4, -0.2) is 29.7 Å². The Morgan fingerprint density at radius 3 is 2.06 bits per heavy atom. The highest BCUT2D eigenvalue weighted by Gasteiger charge is 2.34. The van der Waals surface area contributed by atoms with Gasteiger partial charge in [0.25, 0.3) is 0 Å². The Balaban J connectivity index is 1.60. The van der Waals surface area contributed by atoms with Crippen LogP contribution in [0.4, 0.5) is 0 Å². The number of nitrogens with two attached hydrogens (primary N) is 1. The van der Waals surface area contributed by atoms with E-state index < -0.39 is 23.9 Å². The third-order valence-electron chi connectivity index (χ3n) is 5.97. The minimum absolute atomic E-state index is 0.0652. The van der Waals surface area contributed by atoms with E-state index in [0.717, 1.165) is 27.8 Å². The van der Waals surface area contributed by atoms with Crippen LogP contribution < -0.4 is 5.73 Å². The second kappa shape index (κ2) is 8.74. The van der Waals surface area contributed by atoms with E-state index in [9.17, 15) is 14.7 Å². The zero-order chi connectivity index (χ0) is 22.0. The molecule has 2 atom stereocenters. The van der Waals surface area contributed by atoms with E-state index in [2.05, 4.69) is 24.3 Å². The molecule has 0 aromatic heterocycles. The topological polar surface area (TPSA) is 89.6 Å². The summed E-state index contributed by atoms with van der Waals surface area (Å²) < 4.78 is 5.80. The molecule has 3 aromatic carbocycles. The van der Waals surface area contributed by atoms with E-state index in [1.165, 1.54) is 0 Å². The van der Waals surface area contributed by atoms with Gasteiger partial charge < -0.3 is 15.6 Å². The quantitative estimate of drug-likeness (QED) is 0.564. The fourth-order valence-electron chi connectivity index (χ4n) is 4.48. The number of hydrogen-bond donors (Lipinski definition) is 2. The Morgan fingerprint density at radius 2 is 1.48 bits per heavy atom. The van der Waals surface area contributed by atoms with E-state index in [-0.39, 0.29) is 18.9 Å². The lowest BCUT2D eigenvalue weighted by atomic mass is 9.87. The van der Waals surface area contributed by atoms with E-state index in [1.54, 1.807) is 0 Å². The number of ether oxygens (including phenoxy) is 1. The average Bonchev–Trinajstić information content (AvgIpc) is 3.07. The lowest BCUT2D eigenvalue weighted by Gasteiger charge is -2.24. The minimum atomic E-state index is -1.04. The van der Waals surface area contributed by atoms with Crippen LogP contribution in [0.2, 0.25) is 0 Å². The number of rotatable bonds is 7. The van der Waals surface area contributed by atoms with Gasteiger partial charge in [-0.15, -0.1) is 0 Å². The number of aryl methyl sites for hydroxylation is 1. The zero-order valence-corrected chi connectivity index (χ0v) is 17.3. The van der Waals surface area contributed by atoms with Crippen LogP contribution in [0.5, 0.6) is 0 Å². The Labute approximate surface area is 181 Å². The number of esters is 1. The number of benzene rings is 3. The first-order chi connectivity index (χ1) is 15.0.